The zero-order valence-corrected chi connectivity index (χ0v) is 14.0. The molecular weight excluding hydrogens is 296 g/mol. The van der Waals surface area contributed by atoms with Gasteiger partial charge < -0.3 is 14.8 Å². The monoisotopic (exact) mass is 320 g/mol. The van der Waals surface area contributed by atoms with Crippen molar-refractivity contribution in [2.75, 3.05) is 19.7 Å². The molecule has 1 fully saturated rings. The fourth-order valence-electron chi connectivity index (χ4n) is 2.51. The molecule has 0 radical (unpaired) electrons. The highest BCUT2D eigenvalue weighted by Gasteiger charge is 2.32. The minimum Gasteiger partial charge on any atom is -0.464 e. The summed E-state index contributed by atoms with van der Waals surface area (Å²) < 4.78 is 10.3. The van der Waals surface area contributed by atoms with Crippen molar-refractivity contribution in [3.63, 3.8) is 0 Å². The summed E-state index contributed by atoms with van der Waals surface area (Å²) in [7, 11) is 0. The Labute approximate surface area is 136 Å². The van der Waals surface area contributed by atoms with E-state index in [0.717, 1.165) is 11.1 Å². The molecule has 2 aliphatic rings. The van der Waals surface area contributed by atoms with Gasteiger partial charge in [-0.2, -0.15) is 0 Å². The summed E-state index contributed by atoms with van der Waals surface area (Å²) in [4.78, 5) is 25.4. The van der Waals surface area contributed by atoms with Crippen LogP contribution in [0.2, 0.25) is 0 Å². The van der Waals surface area contributed by atoms with Crippen LogP contribution >= 0.6 is 0 Å². The van der Waals surface area contributed by atoms with Crippen LogP contribution in [0.5, 0.6) is 0 Å². The molecular formula is C17H24N2O4. The smallest absolute Gasteiger partial charge is 0.410 e. The second kappa shape index (κ2) is 6.48. The Hall–Kier alpha value is -2.24. The van der Waals surface area contributed by atoms with E-state index in [1.807, 2.05) is 20.8 Å². The molecule has 0 spiro atoms. The van der Waals surface area contributed by atoms with Crippen molar-refractivity contribution in [1.82, 2.24) is 10.2 Å². The van der Waals surface area contributed by atoms with Crippen LogP contribution in [0.15, 0.2) is 36.1 Å². The fourth-order valence-corrected chi connectivity index (χ4v) is 2.51. The van der Waals surface area contributed by atoms with Gasteiger partial charge in [0.05, 0.1) is 13.2 Å². The van der Waals surface area contributed by atoms with Gasteiger partial charge in [0.25, 0.3) is 0 Å². The molecule has 0 aromatic heterocycles. The number of amides is 1. The van der Waals surface area contributed by atoms with Crippen molar-refractivity contribution >= 4 is 12.1 Å². The van der Waals surface area contributed by atoms with Crippen molar-refractivity contribution in [2.45, 2.75) is 38.8 Å². The van der Waals surface area contributed by atoms with Crippen LogP contribution in [0, 0.1) is 0 Å². The summed E-state index contributed by atoms with van der Waals surface area (Å²) in [5.41, 5.74) is 1.84. The van der Waals surface area contributed by atoms with E-state index in [9.17, 15) is 9.59 Å². The molecule has 126 valence electrons. The largest absolute Gasteiger partial charge is 0.464 e. The molecule has 2 rings (SSSR count). The summed E-state index contributed by atoms with van der Waals surface area (Å²) in [6.07, 6.45) is 1.95. The normalized spacial score (nSPS) is 21.3. The van der Waals surface area contributed by atoms with Crippen LogP contribution in [-0.2, 0) is 14.3 Å². The van der Waals surface area contributed by atoms with E-state index in [4.69, 9.17) is 9.47 Å². The third-order valence-corrected chi connectivity index (χ3v) is 3.64. The van der Waals surface area contributed by atoms with Crippen LogP contribution < -0.4 is 5.32 Å². The van der Waals surface area contributed by atoms with Crippen LogP contribution in [0.25, 0.3) is 0 Å². The molecule has 0 saturated carbocycles. The quantitative estimate of drug-likeness (QED) is 0.804. The molecule has 1 atom stereocenters. The Morgan fingerprint density at radius 2 is 2.13 bits per heavy atom. The first kappa shape index (κ1) is 17.1. The lowest BCUT2D eigenvalue weighted by Gasteiger charge is -2.24. The minimum atomic E-state index is -0.545. The van der Waals surface area contributed by atoms with Gasteiger partial charge in [-0.05, 0) is 31.9 Å². The number of esters is 1. The van der Waals surface area contributed by atoms with E-state index in [1.54, 1.807) is 11.0 Å². The SMILES string of the molecule is C=CC1=C(C(=C)NC2CCOC2=O)CN(C(=O)OC(C)(C)C)C1. The topological polar surface area (TPSA) is 67.9 Å². The van der Waals surface area contributed by atoms with E-state index in [1.165, 1.54) is 0 Å². The Kier molecular flexibility index (Phi) is 4.82. The number of nitrogens with one attached hydrogen (secondary N) is 1. The molecule has 0 aromatic carbocycles. The highest BCUT2D eigenvalue weighted by Crippen LogP contribution is 2.25. The zero-order chi connectivity index (χ0) is 17.2. The van der Waals surface area contributed by atoms with E-state index >= 15 is 0 Å². The first-order chi connectivity index (χ1) is 10.7. The van der Waals surface area contributed by atoms with Crippen molar-refractivity contribution in [3.05, 3.63) is 36.1 Å². The summed E-state index contributed by atoms with van der Waals surface area (Å²) in [5, 5.41) is 3.09. The average Bonchev–Trinajstić information content (AvgIpc) is 3.03. The van der Waals surface area contributed by atoms with Crippen LogP contribution in [0.1, 0.15) is 27.2 Å². The van der Waals surface area contributed by atoms with Crippen LogP contribution in [0.3, 0.4) is 0 Å². The third kappa shape index (κ3) is 4.15. The molecule has 1 N–H and O–H groups in total. The lowest BCUT2D eigenvalue weighted by molar-refractivity contribution is -0.139. The predicted octanol–water partition coefficient (Wildman–Crippen LogP) is 2.14. The molecule has 1 amide bonds. The molecule has 1 saturated heterocycles. The maximum absolute atomic E-state index is 12.2. The Balaban J connectivity index is 2.02. The number of carbonyl (C=O) groups is 2. The number of carbonyl (C=O) groups excluding carboxylic acids is 2. The highest BCUT2D eigenvalue weighted by molar-refractivity contribution is 5.78. The first-order valence-electron chi connectivity index (χ1n) is 7.66. The van der Waals surface area contributed by atoms with E-state index in [0.29, 0.717) is 31.8 Å². The number of ether oxygens (including phenoxy) is 2. The standard InChI is InChI=1S/C17H24N2O4/c1-6-12-9-19(16(21)23-17(3,4)5)10-13(12)11(2)18-14-7-8-22-15(14)20/h6,14,18H,1-2,7-10H2,3-5H3. The maximum atomic E-state index is 12.2. The molecule has 2 heterocycles. The van der Waals surface area contributed by atoms with Gasteiger partial charge in [-0.25, -0.2) is 9.59 Å². The number of hydrogen-bond acceptors (Lipinski definition) is 5. The predicted molar refractivity (Wildman–Crippen MR) is 86.7 cm³/mol. The van der Waals surface area contributed by atoms with Gasteiger partial charge in [0, 0.05) is 18.7 Å². The second-order valence-corrected chi connectivity index (χ2v) is 6.68. The lowest BCUT2D eigenvalue weighted by atomic mass is 10.1. The Morgan fingerprint density at radius 1 is 1.43 bits per heavy atom. The number of rotatable bonds is 4. The van der Waals surface area contributed by atoms with Gasteiger partial charge in [-0.15, -0.1) is 0 Å². The van der Waals surface area contributed by atoms with Crippen molar-refractivity contribution < 1.29 is 19.1 Å². The second-order valence-electron chi connectivity index (χ2n) is 6.68. The van der Waals surface area contributed by atoms with Gasteiger partial charge in [-0.1, -0.05) is 19.2 Å². The number of hydrogen-bond donors (Lipinski definition) is 1. The fraction of sp³-hybridized carbons (Fsp3) is 0.529. The first-order valence-corrected chi connectivity index (χ1v) is 7.66. The number of cyclic esters (lactones) is 1. The van der Waals surface area contributed by atoms with Gasteiger partial charge >= 0.3 is 12.1 Å². The summed E-state index contributed by atoms with van der Waals surface area (Å²) >= 11 is 0. The summed E-state index contributed by atoms with van der Waals surface area (Å²) in [6, 6.07) is -0.378. The molecule has 0 bridgehead atoms. The molecule has 23 heavy (non-hydrogen) atoms. The molecule has 6 heteroatoms. The molecule has 0 aliphatic carbocycles. The molecule has 2 aliphatic heterocycles. The summed E-state index contributed by atoms with van der Waals surface area (Å²) in [6.45, 7) is 14.5. The van der Waals surface area contributed by atoms with E-state index < -0.39 is 5.60 Å². The summed E-state index contributed by atoms with van der Waals surface area (Å²) in [5.74, 6) is -0.270. The van der Waals surface area contributed by atoms with Gasteiger partial charge in [0.2, 0.25) is 0 Å². The molecule has 1 unspecified atom stereocenters. The van der Waals surface area contributed by atoms with Gasteiger partial charge in [-0.3, -0.25) is 4.90 Å². The van der Waals surface area contributed by atoms with Crippen molar-refractivity contribution in [2.24, 2.45) is 0 Å². The van der Waals surface area contributed by atoms with Gasteiger partial charge in [0.15, 0.2) is 0 Å². The van der Waals surface area contributed by atoms with Gasteiger partial charge in [0.1, 0.15) is 11.6 Å². The van der Waals surface area contributed by atoms with Crippen molar-refractivity contribution in [1.29, 1.82) is 0 Å². The number of nitrogens with zero attached hydrogens (tertiary/aromatic N) is 1. The molecule has 6 nitrogen and oxygen atoms in total. The zero-order valence-electron chi connectivity index (χ0n) is 14.0. The van der Waals surface area contributed by atoms with E-state index in [2.05, 4.69) is 18.5 Å². The van der Waals surface area contributed by atoms with Crippen LogP contribution in [0.4, 0.5) is 4.79 Å². The molecule has 0 aromatic rings. The van der Waals surface area contributed by atoms with Crippen molar-refractivity contribution in [3.8, 4) is 0 Å². The Bertz CT molecular complexity index is 572. The van der Waals surface area contributed by atoms with E-state index in [-0.39, 0.29) is 18.1 Å². The third-order valence-electron chi connectivity index (χ3n) is 3.64. The minimum absolute atomic E-state index is 0.270. The van der Waals surface area contributed by atoms with Crippen LogP contribution in [-0.4, -0.2) is 48.3 Å². The highest BCUT2D eigenvalue weighted by atomic mass is 16.6. The Morgan fingerprint density at radius 3 is 2.65 bits per heavy atom. The maximum Gasteiger partial charge on any atom is 0.410 e. The average molecular weight is 320 g/mol. The lowest BCUT2D eigenvalue weighted by Crippen LogP contribution is -2.37.